The summed E-state index contributed by atoms with van der Waals surface area (Å²) in [5.74, 6) is 1.68. The van der Waals surface area contributed by atoms with Crippen LogP contribution >= 0.6 is 0 Å². The standard InChI is InChI=1S/C15H20N4/c1-10(2)12-6-4-5-11(3)15(12)18-9-14-17-8-7-13(16)19-14/h4-8,10,18H,9H2,1-3H3,(H2,16,17,19). The predicted octanol–water partition coefficient (Wildman–Crippen LogP) is 3.10. The second-order valence-corrected chi connectivity index (χ2v) is 4.95. The lowest BCUT2D eigenvalue weighted by atomic mass is 9.98. The largest absolute Gasteiger partial charge is 0.384 e. The number of nitrogens with two attached hydrogens (primary N) is 1. The summed E-state index contributed by atoms with van der Waals surface area (Å²) in [6.45, 7) is 7.07. The summed E-state index contributed by atoms with van der Waals surface area (Å²) in [5.41, 5.74) is 9.37. The lowest BCUT2D eigenvalue weighted by Gasteiger charge is -2.16. The van der Waals surface area contributed by atoms with Gasteiger partial charge in [0.25, 0.3) is 0 Å². The molecule has 0 aliphatic rings. The predicted molar refractivity (Wildman–Crippen MR) is 79.0 cm³/mol. The molecule has 0 amide bonds. The van der Waals surface area contributed by atoms with Crippen LogP contribution in [-0.2, 0) is 6.54 Å². The van der Waals surface area contributed by atoms with Crippen LogP contribution in [0.25, 0.3) is 0 Å². The number of hydrogen-bond donors (Lipinski definition) is 2. The van der Waals surface area contributed by atoms with E-state index in [1.807, 2.05) is 0 Å². The number of hydrogen-bond acceptors (Lipinski definition) is 4. The van der Waals surface area contributed by atoms with E-state index in [1.54, 1.807) is 12.3 Å². The van der Waals surface area contributed by atoms with Gasteiger partial charge in [0.05, 0.1) is 6.54 Å². The van der Waals surface area contributed by atoms with Crippen LogP contribution < -0.4 is 11.1 Å². The Morgan fingerprint density at radius 1 is 1.26 bits per heavy atom. The average molecular weight is 256 g/mol. The molecule has 0 spiro atoms. The molecule has 0 aliphatic heterocycles. The van der Waals surface area contributed by atoms with Crippen molar-refractivity contribution >= 4 is 11.5 Å². The van der Waals surface area contributed by atoms with Gasteiger partial charge in [-0.3, -0.25) is 0 Å². The molecule has 2 rings (SSSR count). The SMILES string of the molecule is Cc1cccc(C(C)C)c1NCc1nccc(N)n1. The van der Waals surface area contributed by atoms with Gasteiger partial charge in [-0.15, -0.1) is 0 Å². The van der Waals surface area contributed by atoms with E-state index in [9.17, 15) is 0 Å². The number of nitrogens with zero attached hydrogens (tertiary/aromatic N) is 2. The number of rotatable bonds is 4. The molecule has 2 aromatic rings. The van der Waals surface area contributed by atoms with Crippen LogP contribution in [0.2, 0.25) is 0 Å². The summed E-state index contributed by atoms with van der Waals surface area (Å²) in [6.07, 6.45) is 1.68. The minimum atomic E-state index is 0.476. The molecule has 1 heterocycles. The van der Waals surface area contributed by atoms with Crippen molar-refractivity contribution < 1.29 is 0 Å². The minimum Gasteiger partial charge on any atom is -0.384 e. The molecule has 0 saturated heterocycles. The number of benzene rings is 1. The van der Waals surface area contributed by atoms with E-state index in [0.29, 0.717) is 24.1 Å². The van der Waals surface area contributed by atoms with Gasteiger partial charge in [0.2, 0.25) is 0 Å². The Balaban J connectivity index is 2.19. The molecule has 0 atom stereocenters. The van der Waals surface area contributed by atoms with Gasteiger partial charge >= 0.3 is 0 Å². The van der Waals surface area contributed by atoms with Crippen molar-refractivity contribution in [2.24, 2.45) is 0 Å². The zero-order chi connectivity index (χ0) is 13.8. The Morgan fingerprint density at radius 2 is 2.05 bits per heavy atom. The zero-order valence-corrected chi connectivity index (χ0v) is 11.6. The van der Waals surface area contributed by atoms with E-state index in [2.05, 4.69) is 54.3 Å². The molecule has 4 nitrogen and oxygen atoms in total. The van der Waals surface area contributed by atoms with Crippen molar-refractivity contribution in [3.8, 4) is 0 Å². The van der Waals surface area contributed by atoms with E-state index in [-0.39, 0.29) is 0 Å². The molecule has 100 valence electrons. The number of anilines is 2. The highest BCUT2D eigenvalue weighted by atomic mass is 15.0. The van der Waals surface area contributed by atoms with E-state index in [1.165, 1.54) is 16.8 Å². The zero-order valence-electron chi connectivity index (χ0n) is 11.6. The summed E-state index contributed by atoms with van der Waals surface area (Å²) in [5, 5.41) is 3.43. The average Bonchev–Trinajstić information content (AvgIpc) is 2.37. The summed E-state index contributed by atoms with van der Waals surface area (Å²) in [7, 11) is 0. The minimum absolute atomic E-state index is 0.476. The maximum absolute atomic E-state index is 5.66. The van der Waals surface area contributed by atoms with Gasteiger partial charge in [-0.25, -0.2) is 9.97 Å². The normalized spacial score (nSPS) is 10.7. The Labute approximate surface area is 114 Å². The van der Waals surface area contributed by atoms with Crippen molar-refractivity contribution in [3.05, 3.63) is 47.4 Å². The Hall–Kier alpha value is -2.10. The molecule has 4 heteroatoms. The molecule has 3 N–H and O–H groups in total. The van der Waals surface area contributed by atoms with Crippen molar-refractivity contribution in [2.75, 3.05) is 11.1 Å². The first kappa shape index (κ1) is 13.3. The van der Waals surface area contributed by atoms with Crippen molar-refractivity contribution in [2.45, 2.75) is 33.2 Å². The number of aromatic nitrogens is 2. The molecule has 1 aromatic carbocycles. The molecule has 19 heavy (non-hydrogen) atoms. The summed E-state index contributed by atoms with van der Waals surface area (Å²) in [6, 6.07) is 8.04. The topological polar surface area (TPSA) is 63.8 Å². The van der Waals surface area contributed by atoms with Crippen molar-refractivity contribution in [1.29, 1.82) is 0 Å². The second kappa shape index (κ2) is 5.69. The third-order valence-electron chi connectivity index (χ3n) is 3.08. The Kier molecular flexibility index (Phi) is 4.00. The first-order valence-corrected chi connectivity index (χ1v) is 6.48. The Bertz CT molecular complexity index is 564. The fourth-order valence-electron chi connectivity index (χ4n) is 2.08. The van der Waals surface area contributed by atoms with Gasteiger partial charge < -0.3 is 11.1 Å². The molecule has 0 aliphatic carbocycles. The quantitative estimate of drug-likeness (QED) is 0.882. The van der Waals surface area contributed by atoms with Gasteiger partial charge in [-0.2, -0.15) is 0 Å². The first-order valence-electron chi connectivity index (χ1n) is 6.48. The highest BCUT2D eigenvalue weighted by molar-refractivity contribution is 5.58. The van der Waals surface area contributed by atoms with Crippen molar-refractivity contribution in [3.63, 3.8) is 0 Å². The van der Waals surface area contributed by atoms with Crippen LogP contribution in [0, 0.1) is 6.92 Å². The molecule has 0 fully saturated rings. The number of para-hydroxylation sites is 1. The lowest BCUT2D eigenvalue weighted by Crippen LogP contribution is -2.08. The van der Waals surface area contributed by atoms with Crippen LogP contribution in [0.15, 0.2) is 30.5 Å². The fraction of sp³-hybridized carbons (Fsp3) is 0.333. The summed E-state index contributed by atoms with van der Waals surface area (Å²) in [4.78, 5) is 8.40. The maximum Gasteiger partial charge on any atom is 0.149 e. The number of nitrogens with one attached hydrogen (secondary N) is 1. The molecule has 0 bridgehead atoms. The van der Waals surface area contributed by atoms with Gasteiger partial charge in [-0.1, -0.05) is 32.0 Å². The monoisotopic (exact) mass is 256 g/mol. The van der Waals surface area contributed by atoms with Gasteiger partial charge in [-0.05, 0) is 30.0 Å². The Morgan fingerprint density at radius 3 is 2.74 bits per heavy atom. The van der Waals surface area contributed by atoms with E-state index < -0.39 is 0 Å². The van der Waals surface area contributed by atoms with Crippen LogP contribution in [-0.4, -0.2) is 9.97 Å². The van der Waals surface area contributed by atoms with Crippen LogP contribution in [0.3, 0.4) is 0 Å². The van der Waals surface area contributed by atoms with Crippen LogP contribution in [0.4, 0.5) is 11.5 Å². The molecule has 0 unspecified atom stereocenters. The lowest BCUT2D eigenvalue weighted by molar-refractivity contribution is 0.859. The summed E-state index contributed by atoms with van der Waals surface area (Å²) < 4.78 is 0. The van der Waals surface area contributed by atoms with Gasteiger partial charge in [0.15, 0.2) is 0 Å². The third-order valence-corrected chi connectivity index (χ3v) is 3.08. The third kappa shape index (κ3) is 3.22. The summed E-state index contributed by atoms with van der Waals surface area (Å²) >= 11 is 0. The molecular weight excluding hydrogens is 236 g/mol. The maximum atomic E-state index is 5.66. The first-order chi connectivity index (χ1) is 9.08. The van der Waals surface area contributed by atoms with Gasteiger partial charge in [0, 0.05) is 11.9 Å². The van der Waals surface area contributed by atoms with Gasteiger partial charge in [0.1, 0.15) is 11.6 Å². The second-order valence-electron chi connectivity index (χ2n) is 4.95. The molecule has 0 radical (unpaired) electrons. The number of aryl methyl sites for hydroxylation is 1. The van der Waals surface area contributed by atoms with Crippen molar-refractivity contribution in [1.82, 2.24) is 9.97 Å². The molecule has 1 aromatic heterocycles. The molecule has 0 saturated carbocycles. The van der Waals surface area contributed by atoms with Crippen LogP contribution in [0.5, 0.6) is 0 Å². The smallest absolute Gasteiger partial charge is 0.149 e. The van der Waals surface area contributed by atoms with Crippen LogP contribution in [0.1, 0.15) is 36.7 Å². The number of nitrogen functional groups attached to an aromatic ring is 1. The van der Waals surface area contributed by atoms with E-state index >= 15 is 0 Å². The molecular formula is C15H20N4. The van der Waals surface area contributed by atoms with E-state index in [0.717, 1.165) is 0 Å². The highest BCUT2D eigenvalue weighted by Crippen LogP contribution is 2.27. The van der Waals surface area contributed by atoms with E-state index in [4.69, 9.17) is 5.73 Å². The highest BCUT2D eigenvalue weighted by Gasteiger charge is 2.09. The fourth-order valence-corrected chi connectivity index (χ4v) is 2.08.